The summed E-state index contributed by atoms with van der Waals surface area (Å²) in [7, 11) is 0. The average Bonchev–Trinajstić information content (AvgIpc) is 2.62. The van der Waals surface area contributed by atoms with E-state index in [1.165, 1.54) is 96.3 Å². The zero-order chi connectivity index (χ0) is 18.4. The van der Waals surface area contributed by atoms with Crippen molar-refractivity contribution in [1.29, 1.82) is 0 Å². The summed E-state index contributed by atoms with van der Waals surface area (Å²) in [6.07, 6.45) is 23.4. The van der Waals surface area contributed by atoms with Gasteiger partial charge in [0.05, 0.1) is 6.61 Å². The standard InChI is InChI=1S/C22H43NO2/c1-3-5-6-7-8-9-10-11-12-13-14-15-16-17-18-19-20-25-22(24)21-23-4-2/h4H,3,5-21H2,1-2H3. The highest BCUT2D eigenvalue weighted by Gasteiger charge is 1.99. The van der Waals surface area contributed by atoms with E-state index in [1.807, 2.05) is 6.92 Å². The molecule has 0 aliphatic heterocycles. The van der Waals surface area contributed by atoms with Crippen LogP contribution in [0.15, 0.2) is 4.99 Å². The molecule has 0 atom stereocenters. The third-order valence-corrected chi connectivity index (χ3v) is 4.66. The first kappa shape index (κ1) is 24.1. The number of ether oxygens (including phenoxy) is 1. The maximum absolute atomic E-state index is 11.2. The van der Waals surface area contributed by atoms with Crippen LogP contribution in [-0.4, -0.2) is 25.3 Å². The molecule has 0 N–H and O–H groups in total. The van der Waals surface area contributed by atoms with E-state index in [0.717, 1.165) is 6.42 Å². The van der Waals surface area contributed by atoms with Crippen molar-refractivity contribution in [2.24, 2.45) is 4.99 Å². The molecule has 0 fully saturated rings. The van der Waals surface area contributed by atoms with Gasteiger partial charge in [-0.25, -0.2) is 0 Å². The van der Waals surface area contributed by atoms with Crippen molar-refractivity contribution in [3.63, 3.8) is 0 Å². The molecule has 0 radical (unpaired) electrons. The van der Waals surface area contributed by atoms with Gasteiger partial charge in [-0.3, -0.25) is 9.79 Å². The molecule has 0 aromatic rings. The quantitative estimate of drug-likeness (QED) is 0.144. The lowest BCUT2D eigenvalue weighted by atomic mass is 10.0. The van der Waals surface area contributed by atoms with Gasteiger partial charge in [-0.15, -0.1) is 0 Å². The topological polar surface area (TPSA) is 38.7 Å². The first-order valence-electron chi connectivity index (χ1n) is 10.9. The monoisotopic (exact) mass is 353 g/mol. The van der Waals surface area contributed by atoms with E-state index in [-0.39, 0.29) is 12.5 Å². The second kappa shape index (κ2) is 21.2. The molecule has 0 amide bonds. The fourth-order valence-corrected chi connectivity index (χ4v) is 3.05. The molecule has 0 saturated carbocycles. The minimum atomic E-state index is -0.209. The fraction of sp³-hybridized carbons (Fsp3) is 0.909. The molecule has 0 bridgehead atoms. The predicted molar refractivity (Wildman–Crippen MR) is 110 cm³/mol. The number of nitrogens with zero attached hydrogens (tertiary/aromatic N) is 1. The number of carbonyl (C=O) groups excluding carboxylic acids is 1. The molecule has 0 aliphatic rings. The highest BCUT2D eigenvalue weighted by atomic mass is 16.5. The van der Waals surface area contributed by atoms with Crippen LogP contribution in [0.3, 0.4) is 0 Å². The second-order valence-corrected chi connectivity index (χ2v) is 7.12. The van der Waals surface area contributed by atoms with Gasteiger partial charge in [0.1, 0.15) is 6.54 Å². The average molecular weight is 354 g/mol. The van der Waals surface area contributed by atoms with E-state index in [9.17, 15) is 4.79 Å². The molecule has 0 heterocycles. The Morgan fingerprint density at radius 2 is 1.12 bits per heavy atom. The molecule has 0 unspecified atom stereocenters. The smallest absolute Gasteiger partial charge is 0.327 e. The third kappa shape index (κ3) is 21.1. The Morgan fingerprint density at radius 3 is 1.52 bits per heavy atom. The Morgan fingerprint density at radius 1 is 0.720 bits per heavy atom. The Kier molecular flexibility index (Phi) is 20.5. The van der Waals surface area contributed by atoms with Gasteiger partial charge in [0.25, 0.3) is 0 Å². The Hall–Kier alpha value is -0.860. The van der Waals surface area contributed by atoms with Gasteiger partial charge in [-0.1, -0.05) is 103 Å². The first-order chi connectivity index (χ1) is 12.3. The summed E-state index contributed by atoms with van der Waals surface area (Å²) in [5.74, 6) is -0.209. The third-order valence-electron chi connectivity index (χ3n) is 4.66. The van der Waals surface area contributed by atoms with Crippen molar-refractivity contribution in [1.82, 2.24) is 0 Å². The van der Waals surface area contributed by atoms with Crippen molar-refractivity contribution < 1.29 is 9.53 Å². The minimum absolute atomic E-state index is 0.162. The highest BCUT2D eigenvalue weighted by Crippen LogP contribution is 2.13. The van der Waals surface area contributed by atoms with Crippen LogP contribution >= 0.6 is 0 Å². The van der Waals surface area contributed by atoms with Crippen LogP contribution < -0.4 is 0 Å². The van der Waals surface area contributed by atoms with Gasteiger partial charge in [0, 0.05) is 0 Å². The number of hydrogen-bond donors (Lipinski definition) is 0. The van der Waals surface area contributed by atoms with Gasteiger partial charge in [-0.2, -0.15) is 0 Å². The van der Waals surface area contributed by atoms with Crippen molar-refractivity contribution in [3.8, 4) is 0 Å². The summed E-state index contributed by atoms with van der Waals surface area (Å²) in [4.78, 5) is 15.1. The zero-order valence-corrected chi connectivity index (χ0v) is 17.1. The van der Waals surface area contributed by atoms with Crippen LogP contribution in [0.2, 0.25) is 0 Å². The summed E-state index contributed by atoms with van der Waals surface area (Å²) < 4.78 is 5.11. The van der Waals surface area contributed by atoms with Crippen molar-refractivity contribution in [2.75, 3.05) is 13.2 Å². The molecule has 0 rings (SSSR count). The molecule has 3 heteroatoms. The number of aliphatic imine (C=N–C) groups is 1. The van der Waals surface area contributed by atoms with Crippen LogP contribution in [0.4, 0.5) is 0 Å². The van der Waals surface area contributed by atoms with Crippen molar-refractivity contribution in [2.45, 2.75) is 117 Å². The van der Waals surface area contributed by atoms with Crippen LogP contribution in [0, 0.1) is 0 Å². The zero-order valence-electron chi connectivity index (χ0n) is 17.1. The SMILES string of the molecule is CC=NCC(=O)OCCCCCCCCCCCCCCCCCC. The normalized spacial score (nSPS) is 11.3. The van der Waals surface area contributed by atoms with E-state index >= 15 is 0 Å². The molecule has 0 saturated heterocycles. The Balaban J connectivity index is 3.06. The number of carbonyl (C=O) groups is 1. The van der Waals surface area contributed by atoms with E-state index < -0.39 is 0 Å². The highest BCUT2D eigenvalue weighted by molar-refractivity contribution is 5.73. The molecule has 0 aromatic carbocycles. The second-order valence-electron chi connectivity index (χ2n) is 7.12. The van der Waals surface area contributed by atoms with E-state index in [1.54, 1.807) is 6.21 Å². The van der Waals surface area contributed by atoms with Crippen LogP contribution in [0.25, 0.3) is 0 Å². The van der Waals surface area contributed by atoms with Crippen LogP contribution in [0.5, 0.6) is 0 Å². The molecule has 148 valence electrons. The predicted octanol–water partition coefficient (Wildman–Crippen LogP) is 6.88. The lowest BCUT2D eigenvalue weighted by Crippen LogP contribution is -2.09. The molecule has 0 aromatic heterocycles. The molecular weight excluding hydrogens is 310 g/mol. The molecule has 3 nitrogen and oxygen atoms in total. The minimum Gasteiger partial charge on any atom is -0.464 e. The lowest BCUT2D eigenvalue weighted by molar-refractivity contribution is -0.141. The summed E-state index contributed by atoms with van der Waals surface area (Å²) in [5.41, 5.74) is 0. The van der Waals surface area contributed by atoms with Gasteiger partial charge in [0.2, 0.25) is 0 Å². The van der Waals surface area contributed by atoms with Crippen molar-refractivity contribution >= 4 is 12.2 Å². The maximum atomic E-state index is 11.2. The largest absolute Gasteiger partial charge is 0.464 e. The molecule has 25 heavy (non-hydrogen) atoms. The molecule has 0 aliphatic carbocycles. The van der Waals surface area contributed by atoms with Gasteiger partial charge in [-0.05, 0) is 19.6 Å². The number of hydrogen-bond acceptors (Lipinski definition) is 3. The van der Waals surface area contributed by atoms with Crippen LogP contribution in [0.1, 0.15) is 117 Å². The number of unbranched alkanes of at least 4 members (excludes halogenated alkanes) is 15. The number of rotatable bonds is 19. The number of esters is 1. The Bertz CT molecular complexity index is 302. The molecular formula is C22H43NO2. The maximum Gasteiger partial charge on any atom is 0.327 e. The van der Waals surface area contributed by atoms with E-state index in [2.05, 4.69) is 11.9 Å². The first-order valence-corrected chi connectivity index (χ1v) is 10.9. The molecule has 0 spiro atoms. The van der Waals surface area contributed by atoms with Crippen molar-refractivity contribution in [3.05, 3.63) is 0 Å². The Labute approximate surface area is 157 Å². The summed E-state index contributed by atoms with van der Waals surface area (Å²) in [6.45, 7) is 4.80. The lowest BCUT2D eigenvalue weighted by Gasteiger charge is -2.04. The van der Waals surface area contributed by atoms with Gasteiger partial charge in [0.15, 0.2) is 0 Å². The van der Waals surface area contributed by atoms with E-state index in [0.29, 0.717) is 6.61 Å². The van der Waals surface area contributed by atoms with Crippen LogP contribution in [-0.2, 0) is 9.53 Å². The summed E-state index contributed by atoms with van der Waals surface area (Å²) >= 11 is 0. The summed E-state index contributed by atoms with van der Waals surface area (Å²) in [6, 6.07) is 0. The summed E-state index contributed by atoms with van der Waals surface area (Å²) in [5, 5.41) is 0. The van der Waals surface area contributed by atoms with Gasteiger partial charge >= 0.3 is 5.97 Å². The van der Waals surface area contributed by atoms with E-state index in [4.69, 9.17) is 4.74 Å². The fourth-order valence-electron chi connectivity index (χ4n) is 3.05. The van der Waals surface area contributed by atoms with Gasteiger partial charge < -0.3 is 4.74 Å².